The molecule has 1 aromatic rings. The lowest BCUT2D eigenvalue weighted by Gasteiger charge is -2.14. The summed E-state index contributed by atoms with van der Waals surface area (Å²) < 4.78 is 48.6. The van der Waals surface area contributed by atoms with E-state index in [0.717, 1.165) is 6.26 Å². The molecule has 1 aromatic carbocycles. The lowest BCUT2D eigenvalue weighted by atomic mass is 10.2. The molecule has 0 saturated carbocycles. The van der Waals surface area contributed by atoms with Crippen molar-refractivity contribution in [2.45, 2.75) is 24.8 Å². The molecule has 0 aromatic heterocycles. The number of nitrogen functional groups attached to an aromatic ring is 1. The highest BCUT2D eigenvalue weighted by atomic mass is 32.2. The highest BCUT2D eigenvalue weighted by Crippen LogP contribution is 2.17. The van der Waals surface area contributed by atoms with Gasteiger partial charge in [-0.2, -0.15) is 0 Å². The zero-order chi connectivity index (χ0) is 14.8. The van der Waals surface area contributed by atoms with Gasteiger partial charge >= 0.3 is 0 Å². The summed E-state index contributed by atoms with van der Waals surface area (Å²) in [5.41, 5.74) is 6.78. The van der Waals surface area contributed by atoms with Crippen LogP contribution in [-0.2, 0) is 19.9 Å². The Bertz CT molecular complexity index is 666. The minimum atomic E-state index is -3.74. The summed E-state index contributed by atoms with van der Waals surface area (Å²) in [6.45, 7) is 3.21. The molecule has 0 aliphatic rings. The van der Waals surface area contributed by atoms with Crippen LogP contribution in [0, 0.1) is 6.92 Å². The third kappa shape index (κ3) is 4.81. The van der Waals surface area contributed by atoms with Crippen molar-refractivity contribution in [1.82, 2.24) is 4.72 Å². The number of rotatable bonds is 5. The largest absolute Gasteiger partial charge is 0.399 e. The minimum absolute atomic E-state index is 0.0690. The van der Waals surface area contributed by atoms with Gasteiger partial charge in [-0.05, 0) is 37.6 Å². The quantitative estimate of drug-likeness (QED) is 0.760. The van der Waals surface area contributed by atoms with E-state index in [-0.39, 0.29) is 10.6 Å². The minimum Gasteiger partial charge on any atom is -0.399 e. The van der Waals surface area contributed by atoms with E-state index >= 15 is 0 Å². The van der Waals surface area contributed by atoms with E-state index in [9.17, 15) is 16.8 Å². The second-order valence-electron chi connectivity index (χ2n) is 4.63. The van der Waals surface area contributed by atoms with E-state index in [4.69, 9.17) is 5.73 Å². The van der Waals surface area contributed by atoms with Crippen LogP contribution in [-0.4, -0.2) is 34.9 Å². The molecule has 0 amide bonds. The van der Waals surface area contributed by atoms with Crippen molar-refractivity contribution < 1.29 is 16.8 Å². The molecule has 1 unspecified atom stereocenters. The Labute approximate surface area is 114 Å². The number of nitrogens with one attached hydrogen (secondary N) is 1. The van der Waals surface area contributed by atoms with Crippen LogP contribution < -0.4 is 10.5 Å². The molecular formula is C11H18N2O4S2. The molecule has 0 aliphatic heterocycles. The van der Waals surface area contributed by atoms with Gasteiger partial charge in [0.15, 0.2) is 0 Å². The first-order valence-electron chi connectivity index (χ1n) is 5.57. The van der Waals surface area contributed by atoms with E-state index in [1.54, 1.807) is 6.92 Å². The van der Waals surface area contributed by atoms with E-state index < -0.39 is 25.9 Å². The third-order valence-electron chi connectivity index (χ3n) is 2.46. The maximum absolute atomic E-state index is 12.0. The van der Waals surface area contributed by atoms with E-state index in [0.29, 0.717) is 11.3 Å². The molecule has 0 spiro atoms. The molecule has 108 valence electrons. The molecule has 3 N–H and O–H groups in total. The number of hydrogen-bond acceptors (Lipinski definition) is 5. The summed E-state index contributed by atoms with van der Waals surface area (Å²) in [4.78, 5) is 0.0690. The zero-order valence-electron chi connectivity index (χ0n) is 11.0. The van der Waals surface area contributed by atoms with Crippen molar-refractivity contribution in [3.63, 3.8) is 0 Å². The van der Waals surface area contributed by atoms with Crippen LogP contribution in [0.15, 0.2) is 23.1 Å². The van der Waals surface area contributed by atoms with Gasteiger partial charge in [-0.1, -0.05) is 0 Å². The monoisotopic (exact) mass is 306 g/mol. The molecular weight excluding hydrogens is 288 g/mol. The van der Waals surface area contributed by atoms with Crippen molar-refractivity contribution >= 4 is 25.5 Å². The first-order valence-corrected chi connectivity index (χ1v) is 9.12. The molecule has 1 atom stereocenters. The Morgan fingerprint density at radius 2 is 1.84 bits per heavy atom. The number of benzene rings is 1. The maximum Gasteiger partial charge on any atom is 0.240 e. The predicted octanol–water partition coefficient (Wildman–Crippen LogP) is 0.289. The maximum atomic E-state index is 12.0. The van der Waals surface area contributed by atoms with Gasteiger partial charge in [0, 0.05) is 18.0 Å². The van der Waals surface area contributed by atoms with Crippen molar-refractivity contribution in [2.24, 2.45) is 0 Å². The fourth-order valence-corrected chi connectivity index (χ4v) is 4.06. The van der Waals surface area contributed by atoms with E-state index in [1.165, 1.54) is 25.1 Å². The topological polar surface area (TPSA) is 106 Å². The number of anilines is 1. The number of hydrogen-bond donors (Lipinski definition) is 2. The van der Waals surface area contributed by atoms with Crippen LogP contribution in [0.2, 0.25) is 0 Å². The number of sulfonamides is 1. The summed E-state index contributed by atoms with van der Waals surface area (Å²) in [6.07, 6.45) is 1.06. The van der Waals surface area contributed by atoms with Crippen molar-refractivity contribution in [1.29, 1.82) is 0 Å². The average Bonchev–Trinajstić information content (AvgIpc) is 2.17. The summed E-state index contributed by atoms with van der Waals surface area (Å²) in [7, 11) is -6.98. The second kappa shape index (κ2) is 5.48. The average molecular weight is 306 g/mol. The van der Waals surface area contributed by atoms with Gasteiger partial charge in [-0.3, -0.25) is 0 Å². The molecule has 19 heavy (non-hydrogen) atoms. The Kier molecular flexibility index (Phi) is 4.59. The third-order valence-corrected chi connectivity index (χ3v) is 5.15. The number of sulfone groups is 1. The van der Waals surface area contributed by atoms with Crippen molar-refractivity contribution in [3.8, 4) is 0 Å². The van der Waals surface area contributed by atoms with Crippen LogP contribution in [0.4, 0.5) is 5.69 Å². The zero-order valence-corrected chi connectivity index (χ0v) is 12.7. The summed E-state index contributed by atoms with van der Waals surface area (Å²) in [6, 6.07) is 3.64. The van der Waals surface area contributed by atoms with Gasteiger partial charge in [0.1, 0.15) is 9.84 Å². The molecule has 0 saturated heterocycles. The van der Waals surface area contributed by atoms with Crippen molar-refractivity contribution in [3.05, 3.63) is 23.8 Å². The van der Waals surface area contributed by atoms with E-state index in [1.807, 2.05) is 0 Å². The van der Waals surface area contributed by atoms with Gasteiger partial charge in [0.05, 0.1) is 10.6 Å². The highest BCUT2D eigenvalue weighted by molar-refractivity contribution is 7.91. The Morgan fingerprint density at radius 1 is 1.26 bits per heavy atom. The smallest absolute Gasteiger partial charge is 0.240 e. The summed E-state index contributed by atoms with van der Waals surface area (Å²) in [5, 5.41) is 0. The molecule has 8 heteroatoms. The van der Waals surface area contributed by atoms with Crippen molar-refractivity contribution in [2.75, 3.05) is 17.7 Å². The summed E-state index contributed by atoms with van der Waals surface area (Å²) in [5.74, 6) is -0.250. The molecule has 0 heterocycles. The predicted molar refractivity (Wildman–Crippen MR) is 75.1 cm³/mol. The van der Waals surface area contributed by atoms with Crippen LogP contribution in [0.5, 0.6) is 0 Å². The van der Waals surface area contributed by atoms with Gasteiger partial charge < -0.3 is 5.73 Å². The number of nitrogens with two attached hydrogens (primary N) is 1. The SMILES string of the molecule is Cc1cc(S(=O)(=O)NC(C)CS(C)(=O)=O)ccc1N. The lowest BCUT2D eigenvalue weighted by Crippen LogP contribution is -2.37. The highest BCUT2D eigenvalue weighted by Gasteiger charge is 2.20. The van der Waals surface area contributed by atoms with Gasteiger partial charge in [0.25, 0.3) is 0 Å². The van der Waals surface area contributed by atoms with Crippen LogP contribution in [0.1, 0.15) is 12.5 Å². The van der Waals surface area contributed by atoms with Gasteiger partial charge in [-0.25, -0.2) is 21.6 Å². The van der Waals surface area contributed by atoms with Gasteiger partial charge in [0.2, 0.25) is 10.0 Å². The second-order valence-corrected chi connectivity index (χ2v) is 8.53. The van der Waals surface area contributed by atoms with Crippen LogP contribution in [0.25, 0.3) is 0 Å². The fourth-order valence-electron chi connectivity index (χ4n) is 1.64. The summed E-state index contributed by atoms with van der Waals surface area (Å²) >= 11 is 0. The molecule has 0 bridgehead atoms. The lowest BCUT2D eigenvalue weighted by molar-refractivity contribution is 0.564. The van der Waals surface area contributed by atoms with E-state index in [2.05, 4.69) is 4.72 Å². The Hall–Kier alpha value is -1.12. The molecule has 0 radical (unpaired) electrons. The molecule has 0 fully saturated rings. The fraction of sp³-hybridized carbons (Fsp3) is 0.455. The molecule has 6 nitrogen and oxygen atoms in total. The Morgan fingerprint density at radius 3 is 2.32 bits per heavy atom. The molecule has 0 aliphatic carbocycles. The van der Waals surface area contributed by atoms with Gasteiger partial charge in [-0.15, -0.1) is 0 Å². The standard InChI is InChI=1S/C11H18N2O4S2/c1-8-6-10(4-5-11(8)12)19(16,17)13-9(2)7-18(3,14)15/h4-6,9,13H,7,12H2,1-3H3. The first kappa shape index (κ1) is 15.9. The first-order chi connectivity index (χ1) is 8.51. The van der Waals surface area contributed by atoms with Crippen LogP contribution in [0.3, 0.4) is 0 Å². The Balaban J connectivity index is 2.95. The van der Waals surface area contributed by atoms with Crippen LogP contribution >= 0.6 is 0 Å². The normalized spacial score (nSPS) is 14.3. The molecule has 1 rings (SSSR count). The number of aryl methyl sites for hydroxylation is 1.